The molecule has 264 valence electrons. The summed E-state index contributed by atoms with van der Waals surface area (Å²) >= 11 is 0. The van der Waals surface area contributed by atoms with Crippen LogP contribution in [-0.2, 0) is 17.1 Å². The van der Waals surface area contributed by atoms with Gasteiger partial charge in [-0.1, -0.05) is 25.5 Å². The number of benzene rings is 2. The van der Waals surface area contributed by atoms with Crippen molar-refractivity contribution in [1.29, 1.82) is 0 Å². The highest BCUT2D eigenvalue weighted by atomic mass is 19.4. The van der Waals surface area contributed by atoms with E-state index in [0.29, 0.717) is 25.3 Å². The number of ether oxygens (including phenoxy) is 2. The molecule has 2 amide bonds. The van der Waals surface area contributed by atoms with Gasteiger partial charge in [0.05, 0.1) is 28.4 Å². The van der Waals surface area contributed by atoms with Crippen molar-refractivity contribution in [2.45, 2.75) is 56.6 Å². The first kappa shape index (κ1) is 35.8. The number of hydrogen-bond acceptors (Lipinski definition) is 7. The number of rotatable bonds is 9. The van der Waals surface area contributed by atoms with Gasteiger partial charge in [-0.2, -0.15) is 26.3 Å². The van der Waals surface area contributed by atoms with Gasteiger partial charge in [-0.05, 0) is 55.3 Å². The maximum atomic E-state index is 14.8. The second-order valence-corrected chi connectivity index (χ2v) is 11.9. The number of alkyl halides is 6. The zero-order valence-electron chi connectivity index (χ0n) is 26.8. The Morgan fingerprint density at radius 2 is 1.63 bits per heavy atom. The Balaban J connectivity index is 1.51. The van der Waals surface area contributed by atoms with Crippen LogP contribution in [0.3, 0.4) is 0 Å². The molecule has 0 unspecified atom stereocenters. The molecule has 15 heteroatoms. The lowest BCUT2D eigenvalue weighted by atomic mass is 9.79. The maximum Gasteiger partial charge on any atom is 0.417 e. The van der Waals surface area contributed by atoms with E-state index in [1.807, 2.05) is 23.1 Å². The predicted molar refractivity (Wildman–Crippen MR) is 168 cm³/mol. The minimum absolute atomic E-state index is 0.0309. The molecule has 1 aromatic heterocycles. The van der Waals surface area contributed by atoms with Gasteiger partial charge in [-0.3, -0.25) is 20.3 Å². The molecule has 0 radical (unpaired) electrons. The quantitative estimate of drug-likeness (QED) is 0.217. The van der Waals surface area contributed by atoms with Crippen LogP contribution >= 0.6 is 0 Å². The fraction of sp³-hybridized carbons (Fsp3) is 0.441. The summed E-state index contributed by atoms with van der Waals surface area (Å²) in [5.74, 6) is -0.935. The fourth-order valence-corrected chi connectivity index (χ4v) is 6.64. The largest absolute Gasteiger partial charge is 0.476 e. The third kappa shape index (κ3) is 7.56. The number of para-hydroxylation sites is 2. The Kier molecular flexibility index (Phi) is 10.6. The second-order valence-electron chi connectivity index (χ2n) is 11.9. The monoisotopic (exact) mass is 693 g/mol. The Hall–Kier alpha value is -4.53. The van der Waals surface area contributed by atoms with Crippen molar-refractivity contribution >= 4 is 17.5 Å². The molecule has 49 heavy (non-hydrogen) atoms. The number of anilines is 1. The zero-order valence-corrected chi connectivity index (χ0v) is 26.8. The van der Waals surface area contributed by atoms with Crippen LogP contribution < -0.4 is 20.1 Å². The predicted octanol–water partition coefficient (Wildman–Crippen LogP) is 5.99. The highest BCUT2D eigenvalue weighted by Crippen LogP contribution is 2.41. The van der Waals surface area contributed by atoms with Crippen molar-refractivity contribution in [3.8, 4) is 11.5 Å². The normalized spacial score (nSPS) is 20.2. The Morgan fingerprint density at radius 3 is 2.27 bits per heavy atom. The van der Waals surface area contributed by atoms with Gasteiger partial charge in [-0.15, -0.1) is 0 Å². The first-order valence-electron chi connectivity index (χ1n) is 15.9. The second kappa shape index (κ2) is 14.5. The summed E-state index contributed by atoms with van der Waals surface area (Å²) in [7, 11) is 0. The lowest BCUT2D eigenvalue weighted by molar-refractivity contribution is -0.159. The van der Waals surface area contributed by atoms with Crippen LogP contribution in [0.2, 0.25) is 0 Å². The molecule has 2 atom stereocenters. The van der Waals surface area contributed by atoms with Crippen LogP contribution in [0.5, 0.6) is 11.5 Å². The average molecular weight is 694 g/mol. The molecule has 2 fully saturated rings. The molecule has 0 aliphatic carbocycles. The van der Waals surface area contributed by atoms with Crippen LogP contribution in [0.25, 0.3) is 0 Å². The van der Waals surface area contributed by atoms with E-state index in [1.165, 1.54) is 4.90 Å². The van der Waals surface area contributed by atoms with E-state index in [9.17, 15) is 35.9 Å². The number of halogens is 6. The summed E-state index contributed by atoms with van der Waals surface area (Å²) < 4.78 is 94.1. The molecule has 9 nitrogen and oxygen atoms in total. The third-order valence-corrected chi connectivity index (χ3v) is 8.90. The van der Waals surface area contributed by atoms with Crippen LogP contribution in [0.4, 0.5) is 32.0 Å². The number of carbonyl (C=O) groups is 2. The molecule has 5 rings (SSSR count). The molecular weight excluding hydrogens is 656 g/mol. The zero-order chi connectivity index (χ0) is 35.4. The van der Waals surface area contributed by atoms with Crippen molar-refractivity contribution in [1.82, 2.24) is 14.8 Å². The smallest absolute Gasteiger partial charge is 0.417 e. The average Bonchev–Trinajstić information content (AvgIpc) is 3.08. The standard InChI is InChI=1S/C34H37F6N5O4/c1-2-6-29-32(49-24-11-9-23(10-12-24)33(35,36)37,14-5-16-45(29)30(46)25-21-42-15-13-26(25)34(38,39)40)31(47)44-19-17-43(18-20-44)27-7-3-4-8-28(27)48-22-41/h3-4,7-13,15,21,29H,2,5-6,14,16-20,22,41H2,1H3/t29-,32+/m1/s1. The third-order valence-electron chi connectivity index (χ3n) is 8.90. The molecule has 2 saturated heterocycles. The SMILES string of the molecule is CCC[C@H]1N(C(=O)c2cnccc2C(F)(F)F)CCC[C@@]1(Oc1ccc(C(F)(F)F)cc1)C(=O)N1CCN(c2ccccc2OCN)CC1. The highest BCUT2D eigenvalue weighted by molar-refractivity contribution is 5.97. The van der Waals surface area contributed by atoms with Crippen molar-refractivity contribution in [3.05, 3.63) is 83.7 Å². The number of nitrogens with two attached hydrogens (primary N) is 1. The molecule has 2 N–H and O–H groups in total. The number of aromatic nitrogens is 1. The summed E-state index contributed by atoms with van der Waals surface area (Å²) in [5.41, 5.74) is 1.82. The lowest BCUT2D eigenvalue weighted by Crippen LogP contribution is -2.69. The van der Waals surface area contributed by atoms with Gasteiger partial charge in [0.25, 0.3) is 11.8 Å². The minimum Gasteiger partial charge on any atom is -0.476 e. The molecule has 3 heterocycles. The highest BCUT2D eigenvalue weighted by Gasteiger charge is 2.56. The Labute approximate surface area is 279 Å². The minimum atomic E-state index is -4.85. The van der Waals surface area contributed by atoms with Crippen molar-refractivity contribution < 1.29 is 45.4 Å². The van der Waals surface area contributed by atoms with Crippen molar-refractivity contribution in [2.24, 2.45) is 5.73 Å². The number of hydrogen-bond donors (Lipinski definition) is 1. The molecule has 0 saturated carbocycles. The molecule has 2 aliphatic rings. The van der Waals surface area contributed by atoms with Gasteiger partial charge in [0.2, 0.25) is 5.60 Å². The van der Waals surface area contributed by atoms with E-state index >= 15 is 0 Å². The van der Waals surface area contributed by atoms with Gasteiger partial charge in [0.1, 0.15) is 18.2 Å². The number of likely N-dealkylation sites (tertiary alicyclic amines) is 1. The lowest BCUT2D eigenvalue weighted by Gasteiger charge is -2.51. The molecule has 2 aliphatic heterocycles. The van der Waals surface area contributed by atoms with E-state index in [1.54, 1.807) is 17.9 Å². The van der Waals surface area contributed by atoms with Crippen molar-refractivity contribution in [2.75, 3.05) is 44.4 Å². The Morgan fingerprint density at radius 1 is 0.939 bits per heavy atom. The number of pyridine rings is 1. The summed E-state index contributed by atoms with van der Waals surface area (Å²) in [6.07, 6.45) is -6.80. The van der Waals surface area contributed by atoms with E-state index in [4.69, 9.17) is 15.2 Å². The van der Waals surface area contributed by atoms with Gasteiger partial charge in [-0.25, -0.2) is 0 Å². The number of nitrogens with zero attached hydrogens (tertiary/aromatic N) is 4. The summed E-state index contributed by atoms with van der Waals surface area (Å²) in [5, 5.41) is 0. The van der Waals surface area contributed by atoms with Crippen LogP contribution in [0, 0.1) is 0 Å². The van der Waals surface area contributed by atoms with E-state index < -0.39 is 52.5 Å². The fourth-order valence-electron chi connectivity index (χ4n) is 6.64. The topological polar surface area (TPSA) is 101 Å². The van der Waals surface area contributed by atoms with Gasteiger partial charge in [0, 0.05) is 51.5 Å². The van der Waals surface area contributed by atoms with Gasteiger partial charge < -0.3 is 24.2 Å². The number of amides is 2. The number of piperidine rings is 1. The van der Waals surface area contributed by atoms with Crippen LogP contribution in [-0.4, -0.2) is 77.7 Å². The molecule has 2 aromatic carbocycles. The van der Waals surface area contributed by atoms with Crippen LogP contribution in [0.15, 0.2) is 67.0 Å². The molecule has 0 spiro atoms. The first-order chi connectivity index (χ1) is 23.3. The van der Waals surface area contributed by atoms with Gasteiger partial charge in [0.15, 0.2) is 0 Å². The first-order valence-corrected chi connectivity index (χ1v) is 15.9. The van der Waals surface area contributed by atoms with E-state index in [0.717, 1.165) is 48.4 Å². The van der Waals surface area contributed by atoms with Crippen molar-refractivity contribution in [3.63, 3.8) is 0 Å². The molecule has 3 aromatic rings. The van der Waals surface area contributed by atoms with Crippen LogP contribution in [0.1, 0.15) is 54.1 Å². The summed E-state index contributed by atoms with van der Waals surface area (Å²) in [4.78, 5) is 37.4. The molecular formula is C34H37F6N5O4. The Bertz CT molecular complexity index is 1610. The maximum absolute atomic E-state index is 14.8. The summed E-state index contributed by atoms with van der Waals surface area (Å²) in [6.45, 7) is 3.03. The van der Waals surface area contributed by atoms with E-state index in [2.05, 4.69) is 4.98 Å². The number of carbonyl (C=O) groups excluding carboxylic acids is 2. The number of piperazine rings is 1. The van der Waals surface area contributed by atoms with Gasteiger partial charge >= 0.3 is 12.4 Å². The molecule has 0 bridgehead atoms. The van der Waals surface area contributed by atoms with E-state index in [-0.39, 0.29) is 51.4 Å². The summed E-state index contributed by atoms with van der Waals surface area (Å²) in [6, 6.07) is 10.9.